The molecule has 0 aromatic heterocycles. The molecule has 42 heavy (non-hydrogen) atoms. The van der Waals surface area contributed by atoms with Crippen LogP contribution in [0.4, 0.5) is 8.78 Å². The van der Waals surface area contributed by atoms with Gasteiger partial charge in [-0.2, -0.15) is 0 Å². The Morgan fingerprint density at radius 3 is 2.21 bits per heavy atom. The van der Waals surface area contributed by atoms with E-state index in [2.05, 4.69) is 10.6 Å². The number of nitrogens with zero attached hydrogens (tertiary/aromatic N) is 1. The minimum atomic E-state index is -0.724. The lowest BCUT2D eigenvalue weighted by Gasteiger charge is -2.28. The van der Waals surface area contributed by atoms with Gasteiger partial charge in [0.2, 0.25) is 5.91 Å². The molecule has 0 aliphatic heterocycles. The van der Waals surface area contributed by atoms with E-state index in [-0.39, 0.29) is 30.2 Å². The maximum atomic E-state index is 14.0. The summed E-state index contributed by atoms with van der Waals surface area (Å²) in [4.78, 5) is 41.1. The number of halogens is 2. The van der Waals surface area contributed by atoms with Crippen molar-refractivity contribution in [1.82, 2.24) is 15.5 Å². The van der Waals surface area contributed by atoms with Crippen LogP contribution in [0.1, 0.15) is 92.0 Å². The van der Waals surface area contributed by atoms with Gasteiger partial charge in [0.1, 0.15) is 11.6 Å². The van der Waals surface area contributed by atoms with Crippen molar-refractivity contribution < 1.29 is 23.2 Å². The van der Waals surface area contributed by atoms with Gasteiger partial charge >= 0.3 is 0 Å². The molecule has 0 spiro atoms. The van der Waals surface area contributed by atoms with Crippen molar-refractivity contribution in [3.8, 4) is 0 Å². The molecule has 230 valence electrons. The molecule has 0 radical (unpaired) electrons. The van der Waals surface area contributed by atoms with Crippen molar-refractivity contribution in [2.45, 2.75) is 84.2 Å². The normalized spacial score (nSPS) is 15.6. The lowest BCUT2D eigenvalue weighted by atomic mass is 9.91. The molecule has 1 saturated carbocycles. The van der Waals surface area contributed by atoms with Gasteiger partial charge in [0.25, 0.3) is 11.8 Å². The first kappa shape index (κ1) is 33.2. The molecule has 1 aliphatic rings. The van der Waals surface area contributed by atoms with Crippen LogP contribution in [0.5, 0.6) is 0 Å². The number of hydrogen-bond acceptors (Lipinski definition) is 4. The Morgan fingerprint density at radius 2 is 1.60 bits per heavy atom. The van der Waals surface area contributed by atoms with Crippen molar-refractivity contribution in [2.24, 2.45) is 17.6 Å². The molecule has 0 unspecified atom stereocenters. The number of carbonyl (C=O) groups is 3. The Kier molecular flexibility index (Phi) is 12.9. The number of amides is 3. The van der Waals surface area contributed by atoms with E-state index in [1.165, 1.54) is 25.0 Å². The Morgan fingerprint density at radius 1 is 0.976 bits per heavy atom. The van der Waals surface area contributed by atoms with Gasteiger partial charge in [0.15, 0.2) is 0 Å². The van der Waals surface area contributed by atoms with Crippen LogP contribution in [0.2, 0.25) is 0 Å². The van der Waals surface area contributed by atoms with Gasteiger partial charge in [-0.1, -0.05) is 39.7 Å². The zero-order chi connectivity index (χ0) is 30.6. The second kappa shape index (κ2) is 16.3. The molecule has 0 bridgehead atoms. The summed E-state index contributed by atoms with van der Waals surface area (Å²) in [6.07, 6.45) is 6.60. The maximum absolute atomic E-state index is 14.0. The number of nitrogens with two attached hydrogens (primary N) is 1. The van der Waals surface area contributed by atoms with Gasteiger partial charge in [0.05, 0.1) is 0 Å². The van der Waals surface area contributed by atoms with E-state index in [1.807, 2.05) is 13.8 Å². The molecule has 0 heterocycles. The van der Waals surface area contributed by atoms with Crippen LogP contribution in [0.3, 0.4) is 0 Å². The van der Waals surface area contributed by atoms with Crippen molar-refractivity contribution in [3.05, 3.63) is 70.8 Å². The molecule has 2 aromatic rings. The molecule has 2 aromatic carbocycles. The van der Waals surface area contributed by atoms with E-state index in [1.54, 1.807) is 36.1 Å². The third-order valence-electron chi connectivity index (χ3n) is 7.97. The Labute approximate surface area is 248 Å². The number of hydrogen-bond donors (Lipinski definition) is 3. The van der Waals surface area contributed by atoms with E-state index in [9.17, 15) is 23.2 Å². The van der Waals surface area contributed by atoms with E-state index < -0.39 is 35.5 Å². The molecule has 3 atom stereocenters. The second-order valence-corrected chi connectivity index (χ2v) is 11.6. The van der Waals surface area contributed by atoms with Crippen LogP contribution in [0, 0.1) is 23.5 Å². The van der Waals surface area contributed by atoms with E-state index in [4.69, 9.17) is 5.73 Å². The maximum Gasteiger partial charge on any atom is 0.253 e. The van der Waals surface area contributed by atoms with Crippen LogP contribution in [0.15, 0.2) is 42.5 Å². The summed E-state index contributed by atoms with van der Waals surface area (Å²) in [5, 5.41) is 5.95. The van der Waals surface area contributed by atoms with Gasteiger partial charge < -0.3 is 21.3 Å². The SMILES string of the molecule is CCCN(CCC)C(=O)c1cccc(C(=O)N[C@@H](Cc2cc(F)cc(F)c2)[C@@H](N)C[C@@H](C)C(=O)NCC2CCCC2)c1. The highest BCUT2D eigenvalue weighted by atomic mass is 19.1. The average molecular weight is 585 g/mol. The fraction of sp³-hybridized carbons (Fsp3) is 0.545. The minimum Gasteiger partial charge on any atom is -0.356 e. The molecule has 1 aliphatic carbocycles. The molecular weight excluding hydrogens is 538 g/mol. The summed E-state index contributed by atoms with van der Waals surface area (Å²) >= 11 is 0. The van der Waals surface area contributed by atoms with Gasteiger partial charge in [0, 0.05) is 54.8 Å². The predicted octanol–water partition coefficient (Wildman–Crippen LogP) is 5.23. The fourth-order valence-corrected chi connectivity index (χ4v) is 5.69. The molecular formula is C33H46F2N4O3. The lowest BCUT2D eigenvalue weighted by molar-refractivity contribution is -0.125. The zero-order valence-electron chi connectivity index (χ0n) is 25.1. The molecule has 4 N–H and O–H groups in total. The summed E-state index contributed by atoms with van der Waals surface area (Å²) in [5.74, 6) is -2.07. The van der Waals surface area contributed by atoms with Gasteiger partial charge in [-0.05, 0) is 80.3 Å². The first-order valence-electron chi connectivity index (χ1n) is 15.3. The highest BCUT2D eigenvalue weighted by Crippen LogP contribution is 2.24. The topological polar surface area (TPSA) is 105 Å². The van der Waals surface area contributed by atoms with E-state index >= 15 is 0 Å². The van der Waals surface area contributed by atoms with Crippen LogP contribution in [-0.4, -0.2) is 54.3 Å². The molecule has 0 saturated heterocycles. The minimum absolute atomic E-state index is 0.0669. The summed E-state index contributed by atoms with van der Waals surface area (Å²) in [6, 6.07) is 8.31. The first-order valence-corrected chi connectivity index (χ1v) is 15.3. The van der Waals surface area contributed by atoms with Gasteiger partial charge in [-0.3, -0.25) is 14.4 Å². The Hall–Kier alpha value is -3.33. The van der Waals surface area contributed by atoms with Crippen molar-refractivity contribution in [3.63, 3.8) is 0 Å². The van der Waals surface area contributed by atoms with Crippen LogP contribution in [0.25, 0.3) is 0 Å². The quantitative estimate of drug-likeness (QED) is 0.267. The lowest BCUT2D eigenvalue weighted by Crippen LogP contribution is -2.50. The third-order valence-corrected chi connectivity index (χ3v) is 7.97. The summed E-state index contributed by atoms with van der Waals surface area (Å²) < 4.78 is 28.0. The van der Waals surface area contributed by atoms with Crippen molar-refractivity contribution >= 4 is 17.7 Å². The van der Waals surface area contributed by atoms with Crippen LogP contribution >= 0.6 is 0 Å². The first-order chi connectivity index (χ1) is 20.1. The third kappa shape index (κ3) is 9.89. The van der Waals surface area contributed by atoms with Crippen LogP contribution in [-0.2, 0) is 11.2 Å². The zero-order valence-corrected chi connectivity index (χ0v) is 25.1. The molecule has 9 heteroatoms. The van der Waals surface area contributed by atoms with E-state index in [0.717, 1.165) is 31.7 Å². The van der Waals surface area contributed by atoms with Crippen molar-refractivity contribution in [2.75, 3.05) is 19.6 Å². The number of rotatable bonds is 15. The van der Waals surface area contributed by atoms with Gasteiger partial charge in [-0.15, -0.1) is 0 Å². The van der Waals surface area contributed by atoms with E-state index in [0.29, 0.717) is 36.7 Å². The number of carbonyl (C=O) groups excluding carboxylic acids is 3. The molecule has 3 rings (SSSR count). The largest absolute Gasteiger partial charge is 0.356 e. The molecule has 1 fully saturated rings. The molecule has 3 amide bonds. The monoisotopic (exact) mass is 584 g/mol. The second-order valence-electron chi connectivity index (χ2n) is 11.6. The standard InChI is InChI=1S/C33H46F2N4O3/c1-4-13-39(14-5-2)33(42)26-12-8-11-25(19-26)32(41)38-30(18-24-16-27(34)20-28(35)17-24)29(36)15-22(3)31(40)37-21-23-9-6-7-10-23/h8,11-12,16-17,19-20,22-23,29-30H,4-7,9-10,13-15,18,21,36H2,1-3H3,(H,37,40)(H,38,41)/t22-,29+,30+/m1/s1. The molecule has 7 nitrogen and oxygen atoms in total. The Bertz CT molecular complexity index is 1180. The number of nitrogens with one attached hydrogen (secondary N) is 2. The van der Waals surface area contributed by atoms with Crippen LogP contribution < -0.4 is 16.4 Å². The highest BCUT2D eigenvalue weighted by Gasteiger charge is 2.27. The summed E-state index contributed by atoms with van der Waals surface area (Å²) in [6.45, 7) is 7.69. The fourth-order valence-electron chi connectivity index (χ4n) is 5.69. The summed E-state index contributed by atoms with van der Waals surface area (Å²) in [5.41, 5.74) is 7.59. The number of benzene rings is 2. The Balaban J connectivity index is 1.75. The average Bonchev–Trinajstić information content (AvgIpc) is 3.48. The highest BCUT2D eigenvalue weighted by molar-refractivity contribution is 5.99. The van der Waals surface area contributed by atoms with Gasteiger partial charge in [-0.25, -0.2) is 8.78 Å². The predicted molar refractivity (Wildman–Crippen MR) is 161 cm³/mol. The van der Waals surface area contributed by atoms with Crippen molar-refractivity contribution in [1.29, 1.82) is 0 Å². The summed E-state index contributed by atoms with van der Waals surface area (Å²) in [7, 11) is 0. The smallest absolute Gasteiger partial charge is 0.253 e.